The van der Waals surface area contributed by atoms with Crippen LogP contribution < -0.4 is 5.73 Å². The molecule has 2 heterocycles. The van der Waals surface area contributed by atoms with Crippen LogP contribution in [0.15, 0.2) is 60.8 Å². The maximum absolute atomic E-state index is 13.9. The summed E-state index contributed by atoms with van der Waals surface area (Å²) < 4.78 is 13.9. The van der Waals surface area contributed by atoms with Crippen LogP contribution in [-0.4, -0.2) is 33.4 Å². The second-order valence-electron chi connectivity index (χ2n) is 7.55. The Morgan fingerprint density at radius 1 is 1.21 bits per heavy atom. The molecule has 0 aliphatic carbocycles. The Hall–Kier alpha value is -2.99. The molecule has 150 valence electrons. The number of aromatic amines is 1. The third kappa shape index (κ3) is 4.38. The normalized spacial score (nSPS) is 17.4. The van der Waals surface area contributed by atoms with Gasteiger partial charge in [-0.1, -0.05) is 48.5 Å². The molecule has 1 aliphatic heterocycles. The van der Waals surface area contributed by atoms with Crippen LogP contribution in [0.5, 0.6) is 0 Å². The lowest BCUT2D eigenvalue weighted by Gasteiger charge is -2.25. The highest BCUT2D eigenvalue weighted by Gasteiger charge is 2.32. The monoisotopic (exact) mass is 392 g/mol. The van der Waals surface area contributed by atoms with Crippen molar-refractivity contribution in [1.82, 2.24) is 14.9 Å². The number of hydrogen-bond acceptors (Lipinski definition) is 3. The molecular weight excluding hydrogens is 367 g/mol. The Balaban J connectivity index is 1.42. The first kappa shape index (κ1) is 19.3. The molecule has 29 heavy (non-hydrogen) atoms. The molecule has 1 saturated heterocycles. The van der Waals surface area contributed by atoms with Crippen molar-refractivity contribution in [3.63, 3.8) is 0 Å². The predicted molar refractivity (Wildman–Crippen MR) is 110 cm³/mol. The molecule has 0 bridgehead atoms. The average Bonchev–Trinajstić information content (AvgIpc) is 3.40. The number of amides is 1. The standard InChI is InChI=1S/C23H25FN4O/c24-19-10-5-4-9-17(19)13-18(25)14-22(29)28-12-6-11-21(28)23-26-15-20(27-23)16-7-2-1-3-8-16/h1-5,7-10,15,18,21H,6,11-14,25H2,(H,26,27)/t18?,21-/m0/s1. The van der Waals surface area contributed by atoms with E-state index in [-0.39, 0.29) is 24.2 Å². The average molecular weight is 392 g/mol. The second kappa shape index (κ2) is 8.57. The molecule has 6 heteroatoms. The summed E-state index contributed by atoms with van der Waals surface area (Å²) in [7, 11) is 0. The van der Waals surface area contributed by atoms with Crippen molar-refractivity contribution >= 4 is 5.91 Å². The summed E-state index contributed by atoms with van der Waals surface area (Å²) in [6.07, 6.45) is 4.15. The van der Waals surface area contributed by atoms with Gasteiger partial charge in [0, 0.05) is 19.0 Å². The Labute approximate surface area is 169 Å². The van der Waals surface area contributed by atoms with Crippen LogP contribution in [0.2, 0.25) is 0 Å². The highest BCUT2D eigenvalue weighted by Crippen LogP contribution is 2.32. The molecule has 5 nitrogen and oxygen atoms in total. The van der Waals surface area contributed by atoms with Crippen molar-refractivity contribution in [2.45, 2.75) is 37.8 Å². The number of halogens is 1. The quantitative estimate of drug-likeness (QED) is 0.669. The van der Waals surface area contributed by atoms with Crippen molar-refractivity contribution in [1.29, 1.82) is 0 Å². The third-order valence-electron chi connectivity index (χ3n) is 5.45. The van der Waals surface area contributed by atoms with Crippen LogP contribution in [0.1, 0.15) is 36.7 Å². The number of nitrogens with zero attached hydrogens (tertiary/aromatic N) is 2. The molecule has 1 amide bonds. The summed E-state index contributed by atoms with van der Waals surface area (Å²) >= 11 is 0. The topological polar surface area (TPSA) is 75.0 Å². The smallest absolute Gasteiger partial charge is 0.224 e. The highest BCUT2D eigenvalue weighted by atomic mass is 19.1. The van der Waals surface area contributed by atoms with E-state index < -0.39 is 6.04 Å². The van der Waals surface area contributed by atoms with Crippen LogP contribution in [0.3, 0.4) is 0 Å². The summed E-state index contributed by atoms with van der Waals surface area (Å²) in [5, 5.41) is 0. The second-order valence-corrected chi connectivity index (χ2v) is 7.55. The molecule has 2 aromatic carbocycles. The van der Waals surface area contributed by atoms with Crippen molar-refractivity contribution in [3.05, 3.63) is 78.0 Å². The van der Waals surface area contributed by atoms with Gasteiger partial charge in [-0.3, -0.25) is 4.79 Å². The van der Waals surface area contributed by atoms with Crippen LogP contribution in [0.4, 0.5) is 4.39 Å². The van der Waals surface area contributed by atoms with Crippen LogP contribution in [0.25, 0.3) is 11.3 Å². The molecular formula is C23H25FN4O. The summed E-state index contributed by atoms with van der Waals surface area (Å²) in [6.45, 7) is 0.692. The molecule has 0 radical (unpaired) electrons. The Kier molecular flexibility index (Phi) is 5.71. The van der Waals surface area contributed by atoms with Gasteiger partial charge in [-0.15, -0.1) is 0 Å². The van der Waals surface area contributed by atoms with E-state index in [1.807, 2.05) is 41.4 Å². The van der Waals surface area contributed by atoms with Crippen molar-refractivity contribution in [2.75, 3.05) is 6.54 Å². The Bertz CT molecular complexity index is 972. The van der Waals surface area contributed by atoms with E-state index in [9.17, 15) is 9.18 Å². The van der Waals surface area contributed by atoms with Gasteiger partial charge in [0.2, 0.25) is 5.91 Å². The molecule has 0 saturated carbocycles. The van der Waals surface area contributed by atoms with Crippen LogP contribution in [0, 0.1) is 5.82 Å². The van der Waals surface area contributed by atoms with Gasteiger partial charge in [-0.2, -0.15) is 0 Å². The fraction of sp³-hybridized carbons (Fsp3) is 0.304. The summed E-state index contributed by atoms with van der Waals surface area (Å²) in [5.41, 5.74) is 8.72. The number of nitrogens with two attached hydrogens (primary N) is 1. The van der Waals surface area contributed by atoms with E-state index in [1.165, 1.54) is 6.07 Å². The molecule has 3 aromatic rings. The molecule has 2 atom stereocenters. The molecule has 1 fully saturated rings. The van der Waals surface area contributed by atoms with Crippen molar-refractivity contribution in [2.24, 2.45) is 5.73 Å². The zero-order valence-corrected chi connectivity index (χ0v) is 16.2. The maximum Gasteiger partial charge on any atom is 0.224 e. The zero-order valence-electron chi connectivity index (χ0n) is 16.2. The van der Waals surface area contributed by atoms with Gasteiger partial charge in [0.25, 0.3) is 0 Å². The van der Waals surface area contributed by atoms with Crippen molar-refractivity contribution < 1.29 is 9.18 Å². The fourth-order valence-corrected chi connectivity index (χ4v) is 3.98. The van der Waals surface area contributed by atoms with Gasteiger partial charge >= 0.3 is 0 Å². The summed E-state index contributed by atoms with van der Waals surface area (Å²) in [6, 6.07) is 16.1. The molecule has 1 aliphatic rings. The number of benzene rings is 2. The fourth-order valence-electron chi connectivity index (χ4n) is 3.98. The van der Waals surface area contributed by atoms with Gasteiger partial charge in [-0.25, -0.2) is 9.37 Å². The molecule has 1 unspecified atom stereocenters. The van der Waals surface area contributed by atoms with Gasteiger partial charge < -0.3 is 15.6 Å². The number of aromatic nitrogens is 2. The number of nitrogens with one attached hydrogen (secondary N) is 1. The number of imidazole rings is 1. The first-order chi connectivity index (χ1) is 14.1. The summed E-state index contributed by atoms with van der Waals surface area (Å²) in [4.78, 5) is 22.7. The van der Waals surface area contributed by atoms with Gasteiger partial charge in [0.1, 0.15) is 11.6 Å². The zero-order chi connectivity index (χ0) is 20.2. The minimum atomic E-state index is -0.419. The highest BCUT2D eigenvalue weighted by molar-refractivity contribution is 5.77. The van der Waals surface area contributed by atoms with Gasteiger partial charge in [0.15, 0.2) is 0 Å². The van der Waals surface area contributed by atoms with E-state index in [1.54, 1.807) is 18.2 Å². The van der Waals surface area contributed by atoms with Crippen LogP contribution >= 0.6 is 0 Å². The Morgan fingerprint density at radius 2 is 1.97 bits per heavy atom. The first-order valence-electron chi connectivity index (χ1n) is 10.0. The first-order valence-corrected chi connectivity index (χ1v) is 10.0. The van der Waals surface area contributed by atoms with Gasteiger partial charge in [0.05, 0.1) is 17.9 Å². The number of H-pyrrole nitrogens is 1. The molecule has 3 N–H and O–H groups in total. The maximum atomic E-state index is 13.9. The number of carbonyl (C=O) groups is 1. The van der Waals surface area contributed by atoms with Crippen molar-refractivity contribution in [3.8, 4) is 11.3 Å². The predicted octanol–water partition coefficient (Wildman–Crippen LogP) is 3.84. The van der Waals surface area contributed by atoms with E-state index >= 15 is 0 Å². The Morgan fingerprint density at radius 3 is 2.76 bits per heavy atom. The number of hydrogen-bond donors (Lipinski definition) is 2. The number of rotatable bonds is 6. The lowest BCUT2D eigenvalue weighted by Crippen LogP contribution is -2.36. The lowest BCUT2D eigenvalue weighted by molar-refractivity contribution is -0.132. The van der Waals surface area contributed by atoms with E-state index in [2.05, 4.69) is 9.97 Å². The van der Waals surface area contributed by atoms with Crippen LogP contribution in [-0.2, 0) is 11.2 Å². The summed E-state index contributed by atoms with van der Waals surface area (Å²) in [5.74, 6) is 0.518. The van der Waals surface area contributed by atoms with E-state index in [0.717, 1.165) is 29.9 Å². The number of carbonyl (C=O) groups excluding carboxylic acids is 1. The SMILES string of the molecule is NC(CC(=O)N1CCC[C@H]1c1ncc(-c2ccccc2)[nH]1)Cc1ccccc1F. The lowest BCUT2D eigenvalue weighted by atomic mass is 10.0. The third-order valence-corrected chi connectivity index (χ3v) is 5.45. The minimum Gasteiger partial charge on any atom is -0.340 e. The van der Waals surface area contributed by atoms with Gasteiger partial charge in [-0.05, 0) is 36.5 Å². The van der Waals surface area contributed by atoms with E-state index in [0.29, 0.717) is 18.5 Å². The number of likely N-dealkylation sites (tertiary alicyclic amines) is 1. The molecule has 4 rings (SSSR count). The molecule has 1 aromatic heterocycles. The largest absolute Gasteiger partial charge is 0.340 e. The van der Waals surface area contributed by atoms with E-state index in [4.69, 9.17) is 5.73 Å². The molecule has 0 spiro atoms. The minimum absolute atomic E-state index is 0.00556.